The summed E-state index contributed by atoms with van der Waals surface area (Å²) in [5, 5.41) is 9.47. The minimum absolute atomic E-state index is 0.0880. The van der Waals surface area contributed by atoms with Crippen LogP contribution in [0.4, 0.5) is 0 Å². The predicted molar refractivity (Wildman–Crippen MR) is 118 cm³/mol. The van der Waals surface area contributed by atoms with Crippen LogP contribution in [0.5, 0.6) is 5.75 Å². The molecule has 5 heteroatoms. The molecule has 0 aromatic heterocycles. The number of hydrogen-bond donors (Lipinski definition) is 2. The zero-order valence-corrected chi connectivity index (χ0v) is 17.3. The van der Waals surface area contributed by atoms with Crippen molar-refractivity contribution in [2.24, 2.45) is 11.7 Å². The predicted octanol–water partition coefficient (Wildman–Crippen LogP) is 5.08. The molecule has 0 bridgehead atoms. The van der Waals surface area contributed by atoms with Gasteiger partial charge in [0, 0.05) is 17.7 Å². The number of aliphatic carboxylic acids is 1. The Morgan fingerprint density at radius 1 is 1.30 bits per heavy atom. The second-order valence-corrected chi connectivity index (χ2v) is 7.56. The lowest BCUT2D eigenvalue weighted by molar-refractivity contribution is -0.142. The second kappa shape index (κ2) is 10.0. The Balaban J connectivity index is 1.51. The fraction of sp³-hybridized carbons (Fsp3) is 0.320. The van der Waals surface area contributed by atoms with Gasteiger partial charge in [0.1, 0.15) is 17.8 Å². The van der Waals surface area contributed by atoms with Crippen molar-refractivity contribution in [1.29, 1.82) is 0 Å². The van der Waals surface area contributed by atoms with Crippen molar-refractivity contribution in [3.05, 3.63) is 83.8 Å². The molecule has 0 amide bonds. The fourth-order valence-electron chi connectivity index (χ4n) is 3.95. The van der Waals surface area contributed by atoms with Gasteiger partial charge < -0.3 is 20.3 Å². The molecule has 0 fully saturated rings. The van der Waals surface area contributed by atoms with Gasteiger partial charge in [-0.25, -0.2) is 0 Å². The van der Waals surface area contributed by atoms with Crippen molar-refractivity contribution in [3.63, 3.8) is 0 Å². The maximum atomic E-state index is 11.5. The third kappa shape index (κ3) is 5.23. The van der Waals surface area contributed by atoms with Gasteiger partial charge in [-0.3, -0.25) is 4.79 Å². The van der Waals surface area contributed by atoms with Crippen molar-refractivity contribution >= 4 is 11.7 Å². The highest BCUT2D eigenvalue weighted by Crippen LogP contribution is 2.41. The van der Waals surface area contributed by atoms with Gasteiger partial charge in [0.25, 0.3) is 0 Å². The number of rotatable bonds is 10. The third-order valence-electron chi connectivity index (χ3n) is 5.59. The summed E-state index contributed by atoms with van der Waals surface area (Å²) in [7, 11) is 0. The average molecular weight is 408 g/mol. The van der Waals surface area contributed by atoms with E-state index in [0.29, 0.717) is 30.9 Å². The Kier molecular flexibility index (Phi) is 7.17. The first-order valence-electron chi connectivity index (χ1n) is 10.3. The molecule has 2 aromatic carbocycles. The number of nitrogens with two attached hydrogens (primary N) is 1. The van der Waals surface area contributed by atoms with Crippen LogP contribution in [0.3, 0.4) is 0 Å². The molecule has 30 heavy (non-hydrogen) atoms. The van der Waals surface area contributed by atoms with Crippen LogP contribution in [-0.2, 0) is 16.0 Å². The molecule has 0 saturated heterocycles. The number of carboxylic acids is 1. The minimum Gasteiger partial charge on any atom is -0.493 e. The van der Waals surface area contributed by atoms with Crippen molar-refractivity contribution in [2.45, 2.75) is 38.5 Å². The molecule has 3 rings (SSSR count). The van der Waals surface area contributed by atoms with Gasteiger partial charge in [0.2, 0.25) is 0 Å². The van der Waals surface area contributed by atoms with Crippen LogP contribution < -0.4 is 10.5 Å². The molecule has 0 spiro atoms. The van der Waals surface area contributed by atoms with Gasteiger partial charge in [0.05, 0.1) is 12.5 Å². The topological polar surface area (TPSA) is 81.8 Å². The van der Waals surface area contributed by atoms with E-state index in [4.69, 9.17) is 15.2 Å². The molecule has 0 aliphatic heterocycles. The van der Waals surface area contributed by atoms with E-state index in [2.05, 4.69) is 6.58 Å². The quantitative estimate of drug-likeness (QED) is 0.537. The summed E-state index contributed by atoms with van der Waals surface area (Å²) in [6.07, 6.45) is 4.43. The van der Waals surface area contributed by atoms with E-state index in [0.717, 1.165) is 29.7 Å². The summed E-state index contributed by atoms with van der Waals surface area (Å²) in [5.74, 6) is 0.369. The average Bonchev–Trinajstić information content (AvgIpc) is 3.16. The van der Waals surface area contributed by atoms with E-state index in [-0.39, 0.29) is 11.8 Å². The maximum Gasteiger partial charge on any atom is 0.307 e. The number of ether oxygens (including phenoxy) is 2. The summed E-state index contributed by atoms with van der Waals surface area (Å²) >= 11 is 0. The Morgan fingerprint density at radius 2 is 2.07 bits per heavy atom. The summed E-state index contributed by atoms with van der Waals surface area (Å²) in [4.78, 5) is 11.5. The Labute approximate surface area is 177 Å². The number of carboxylic acid groups (broad SMARTS) is 1. The molecule has 1 aliphatic rings. The standard InChI is InChI=1S/C25H29NO4/c1-3-22(25(27)28)24-11-9-19-15-21(10-12-23(19)24)29-14-13-20(26)16-30-17(2)18-7-5-4-6-8-18/h4-8,10,12,15-16,22,24H,2-3,9,11,13-14,26H2,1H3,(H,27,28)/b20-16-. The zero-order valence-electron chi connectivity index (χ0n) is 17.3. The number of carbonyl (C=O) groups is 1. The smallest absolute Gasteiger partial charge is 0.307 e. The van der Waals surface area contributed by atoms with Crippen molar-refractivity contribution in [2.75, 3.05) is 6.61 Å². The molecule has 3 N–H and O–H groups in total. The lowest BCUT2D eigenvalue weighted by Crippen LogP contribution is -2.19. The molecular weight excluding hydrogens is 378 g/mol. The first kappa shape index (κ1) is 21.5. The molecule has 0 heterocycles. The van der Waals surface area contributed by atoms with Gasteiger partial charge in [0.15, 0.2) is 0 Å². The Hall–Kier alpha value is -3.21. The van der Waals surface area contributed by atoms with Gasteiger partial charge >= 0.3 is 5.97 Å². The monoisotopic (exact) mass is 407 g/mol. The third-order valence-corrected chi connectivity index (χ3v) is 5.59. The molecule has 0 saturated carbocycles. The van der Waals surface area contributed by atoms with E-state index in [1.807, 2.05) is 55.5 Å². The number of hydrogen-bond acceptors (Lipinski definition) is 4. The zero-order chi connectivity index (χ0) is 21.5. The Bertz CT molecular complexity index is 920. The molecule has 2 atom stereocenters. The van der Waals surface area contributed by atoms with Crippen molar-refractivity contribution in [1.82, 2.24) is 0 Å². The number of aryl methyl sites for hydroxylation is 1. The lowest BCUT2D eigenvalue weighted by atomic mass is 9.85. The molecule has 158 valence electrons. The first-order valence-corrected chi connectivity index (χ1v) is 10.3. The molecule has 1 aliphatic carbocycles. The van der Waals surface area contributed by atoms with Crippen molar-refractivity contribution < 1.29 is 19.4 Å². The van der Waals surface area contributed by atoms with E-state index < -0.39 is 5.97 Å². The molecule has 2 unspecified atom stereocenters. The van der Waals surface area contributed by atoms with Gasteiger partial charge in [-0.05, 0) is 48.4 Å². The highest BCUT2D eigenvalue weighted by Gasteiger charge is 2.33. The van der Waals surface area contributed by atoms with Gasteiger partial charge in [-0.15, -0.1) is 0 Å². The fourth-order valence-corrected chi connectivity index (χ4v) is 3.95. The highest BCUT2D eigenvalue weighted by molar-refractivity contribution is 5.72. The van der Waals surface area contributed by atoms with E-state index in [9.17, 15) is 9.90 Å². The molecule has 2 aromatic rings. The second-order valence-electron chi connectivity index (χ2n) is 7.56. The summed E-state index contributed by atoms with van der Waals surface area (Å²) in [5.41, 5.74) is 9.81. The van der Waals surface area contributed by atoms with E-state index >= 15 is 0 Å². The Morgan fingerprint density at radius 3 is 2.77 bits per heavy atom. The van der Waals surface area contributed by atoms with Crippen LogP contribution in [0.2, 0.25) is 0 Å². The first-order chi connectivity index (χ1) is 14.5. The van der Waals surface area contributed by atoms with Crippen LogP contribution >= 0.6 is 0 Å². The highest BCUT2D eigenvalue weighted by atomic mass is 16.5. The molecular formula is C25H29NO4. The summed E-state index contributed by atoms with van der Waals surface area (Å²) in [6, 6.07) is 15.6. The van der Waals surface area contributed by atoms with E-state index in [1.54, 1.807) is 0 Å². The number of fused-ring (bicyclic) bond motifs is 1. The maximum absolute atomic E-state index is 11.5. The van der Waals surface area contributed by atoms with Crippen LogP contribution in [0, 0.1) is 5.92 Å². The van der Waals surface area contributed by atoms with E-state index in [1.165, 1.54) is 11.8 Å². The largest absolute Gasteiger partial charge is 0.493 e. The van der Waals surface area contributed by atoms with Crippen LogP contribution in [0.1, 0.15) is 48.8 Å². The normalized spacial score (nSPS) is 16.6. The lowest BCUT2D eigenvalue weighted by Gasteiger charge is -2.19. The molecule has 5 nitrogen and oxygen atoms in total. The van der Waals surface area contributed by atoms with Crippen LogP contribution in [0.25, 0.3) is 5.76 Å². The SMILES string of the molecule is C=C(O/C=C(\N)CCOc1ccc2c(c1)CCC2C(CC)C(=O)O)c1ccccc1. The number of benzene rings is 2. The van der Waals surface area contributed by atoms with Crippen molar-refractivity contribution in [3.8, 4) is 5.75 Å². The summed E-state index contributed by atoms with van der Waals surface area (Å²) in [6.45, 7) is 6.27. The van der Waals surface area contributed by atoms with Gasteiger partial charge in [-0.2, -0.15) is 0 Å². The minimum atomic E-state index is -0.713. The summed E-state index contributed by atoms with van der Waals surface area (Å²) < 4.78 is 11.4. The van der Waals surface area contributed by atoms with Crippen LogP contribution in [0.15, 0.2) is 67.1 Å². The molecule has 0 radical (unpaired) electrons. The van der Waals surface area contributed by atoms with Crippen LogP contribution in [-0.4, -0.2) is 17.7 Å². The van der Waals surface area contributed by atoms with Gasteiger partial charge in [-0.1, -0.05) is 49.9 Å².